The molecule has 1 aliphatic rings. The van der Waals surface area contributed by atoms with Crippen molar-refractivity contribution < 1.29 is 4.92 Å². The van der Waals surface area contributed by atoms with Gasteiger partial charge in [-0.2, -0.15) is 0 Å². The fourth-order valence-electron chi connectivity index (χ4n) is 3.21. The van der Waals surface area contributed by atoms with Crippen molar-refractivity contribution >= 4 is 5.69 Å². The molecule has 20 heavy (non-hydrogen) atoms. The van der Waals surface area contributed by atoms with E-state index in [1.165, 1.54) is 32.1 Å². The van der Waals surface area contributed by atoms with E-state index in [4.69, 9.17) is 0 Å². The Labute approximate surface area is 120 Å². The van der Waals surface area contributed by atoms with Gasteiger partial charge >= 0.3 is 0 Å². The second-order valence-corrected chi connectivity index (χ2v) is 5.72. The lowest BCUT2D eigenvalue weighted by molar-refractivity contribution is -0.384. The van der Waals surface area contributed by atoms with Crippen LogP contribution in [0, 0.1) is 16.0 Å². The number of nitro benzene ring substituents is 1. The van der Waals surface area contributed by atoms with Gasteiger partial charge in [0.1, 0.15) is 0 Å². The van der Waals surface area contributed by atoms with Gasteiger partial charge < -0.3 is 5.32 Å². The summed E-state index contributed by atoms with van der Waals surface area (Å²) in [6.07, 6.45) is 7.83. The zero-order chi connectivity index (χ0) is 14.4. The Morgan fingerprint density at radius 3 is 2.75 bits per heavy atom. The van der Waals surface area contributed by atoms with Crippen LogP contribution in [0.15, 0.2) is 24.3 Å². The van der Waals surface area contributed by atoms with Crippen LogP contribution in [-0.2, 0) is 6.54 Å². The van der Waals surface area contributed by atoms with Crippen molar-refractivity contribution in [2.24, 2.45) is 5.92 Å². The number of nitro groups is 1. The van der Waals surface area contributed by atoms with E-state index in [1.54, 1.807) is 18.2 Å². The van der Waals surface area contributed by atoms with Crippen LogP contribution < -0.4 is 5.32 Å². The minimum Gasteiger partial charge on any atom is -0.310 e. The maximum Gasteiger partial charge on any atom is 0.269 e. The van der Waals surface area contributed by atoms with Gasteiger partial charge in [-0.1, -0.05) is 38.3 Å². The van der Waals surface area contributed by atoms with Gasteiger partial charge in [-0.15, -0.1) is 0 Å². The predicted octanol–water partition coefficient (Wildman–Crippen LogP) is 4.04. The van der Waals surface area contributed by atoms with Gasteiger partial charge in [-0.25, -0.2) is 0 Å². The molecule has 1 fully saturated rings. The molecule has 1 aromatic carbocycles. The van der Waals surface area contributed by atoms with Gasteiger partial charge in [-0.3, -0.25) is 10.1 Å². The molecule has 0 saturated heterocycles. The highest BCUT2D eigenvalue weighted by Gasteiger charge is 2.21. The number of non-ortho nitro benzene ring substituents is 1. The standard InChI is InChI=1S/C16H24N2O2/c1-2-16(14-8-4-3-5-9-14)17-12-13-7-6-10-15(11-13)18(19)20/h6-7,10-11,14,16-17H,2-5,8-9,12H2,1H3. The first-order chi connectivity index (χ1) is 9.70. The molecular weight excluding hydrogens is 252 g/mol. The van der Waals surface area contributed by atoms with E-state index in [0.29, 0.717) is 6.04 Å². The largest absolute Gasteiger partial charge is 0.310 e. The van der Waals surface area contributed by atoms with Gasteiger partial charge in [0.25, 0.3) is 5.69 Å². The maximum atomic E-state index is 10.8. The lowest BCUT2D eigenvalue weighted by atomic mass is 9.83. The molecule has 1 aliphatic carbocycles. The number of nitrogens with one attached hydrogen (secondary N) is 1. The van der Waals surface area contributed by atoms with E-state index in [9.17, 15) is 10.1 Å². The summed E-state index contributed by atoms with van der Waals surface area (Å²) in [5, 5.41) is 14.4. The highest BCUT2D eigenvalue weighted by atomic mass is 16.6. The first kappa shape index (κ1) is 15.0. The zero-order valence-corrected chi connectivity index (χ0v) is 12.2. The fourth-order valence-corrected chi connectivity index (χ4v) is 3.21. The predicted molar refractivity (Wildman–Crippen MR) is 80.6 cm³/mol. The lowest BCUT2D eigenvalue weighted by Gasteiger charge is -2.30. The molecule has 110 valence electrons. The van der Waals surface area contributed by atoms with Gasteiger partial charge in [-0.05, 0) is 30.7 Å². The van der Waals surface area contributed by atoms with E-state index in [2.05, 4.69) is 12.2 Å². The Balaban J connectivity index is 1.92. The molecule has 1 N–H and O–H groups in total. The molecule has 0 aliphatic heterocycles. The summed E-state index contributed by atoms with van der Waals surface area (Å²) in [7, 11) is 0. The highest BCUT2D eigenvalue weighted by Crippen LogP contribution is 2.28. The van der Waals surface area contributed by atoms with Crippen LogP contribution in [0.5, 0.6) is 0 Å². The van der Waals surface area contributed by atoms with Gasteiger partial charge in [0, 0.05) is 24.7 Å². The molecule has 1 unspecified atom stereocenters. The zero-order valence-electron chi connectivity index (χ0n) is 12.2. The first-order valence-corrected chi connectivity index (χ1v) is 7.67. The average molecular weight is 276 g/mol. The molecule has 0 aromatic heterocycles. The summed E-state index contributed by atoms with van der Waals surface area (Å²) in [6.45, 7) is 2.94. The number of nitrogens with zero attached hydrogens (tertiary/aromatic N) is 1. The SMILES string of the molecule is CCC(NCc1cccc([N+](=O)[O-])c1)C1CCCCC1. The summed E-state index contributed by atoms with van der Waals surface area (Å²) in [4.78, 5) is 10.4. The quantitative estimate of drug-likeness (QED) is 0.630. The molecular formula is C16H24N2O2. The molecule has 4 nitrogen and oxygen atoms in total. The van der Waals surface area contributed by atoms with Crippen LogP contribution in [0.1, 0.15) is 51.0 Å². The third-order valence-electron chi connectivity index (χ3n) is 4.35. The van der Waals surface area contributed by atoms with Crippen molar-refractivity contribution in [3.8, 4) is 0 Å². The van der Waals surface area contributed by atoms with E-state index in [-0.39, 0.29) is 10.6 Å². The second-order valence-electron chi connectivity index (χ2n) is 5.72. The summed E-state index contributed by atoms with van der Waals surface area (Å²) < 4.78 is 0. The molecule has 0 amide bonds. The summed E-state index contributed by atoms with van der Waals surface area (Å²) in [5.41, 5.74) is 1.17. The van der Waals surface area contributed by atoms with Crippen molar-refractivity contribution in [1.82, 2.24) is 5.32 Å². The molecule has 1 saturated carbocycles. The molecule has 0 bridgehead atoms. The Hall–Kier alpha value is -1.42. The van der Waals surface area contributed by atoms with Gasteiger partial charge in [0.05, 0.1) is 4.92 Å². The molecule has 4 heteroatoms. The van der Waals surface area contributed by atoms with Crippen LogP contribution in [0.3, 0.4) is 0 Å². The summed E-state index contributed by atoms with van der Waals surface area (Å²) >= 11 is 0. The molecule has 0 spiro atoms. The van der Waals surface area contributed by atoms with Crippen molar-refractivity contribution in [2.45, 2.75) is 58.0 Å². The Kier molecular flexibility index (Phi) is 5.53. The Bertz CT molecular complexity index is 442. The van der Waals surface area contributed by atoms with Crippen molar-refractivity contribution in [3.63, 3.8) is 0 Å². The van der Waals surface area contributed by atoms with E-state index >= 15 is 0 Å². The summed E-state index contributed by atoms with van der Waals surface area (Å²) in [6, 6.07) is 7.46. The highest BCUT2D eigenvalue weighted by molar-refractivity contribution is 5.34. The Morgan fingerprint density at radius 1 is 1.35 bits per heavy atom. The number of benzene rings is 1. The molecule has 0 heterocycles. The lowest BCUT2D eigenvalue weighted by Crippen LogP contribution is -2.36. The average Bonchev–Trinajstić information content (AvgIpc) is 2.49. The third-order valence-corrected chi connectivity index (χ3v) is 4.35. The van der Waals surface area contributed by atoms with Crippen LogP contribution in [-0.4, -0.2) is 11.0 Å². The van der Waals surface area contributed by atoms with Crippen molar-refractivity contribution in [3.05, 3.63) is 39.9 Å². The van der Waals surface area contributed by atoms with Gasteiger partial charge in [0.15, 0.2) is 0 Å². The molecule has 2 rings (SSSR count). The van der Waals surface area contributed by atoms with E-state index < -0.39 is 0 Å². The van der Waals surface area contributed by atoms with Gasteiger partial charge in [0.2, 0.25) is 0 Å². The number of rotatable bonds is 6. The maximum absolute atomic E-state index is 10.8. The molecule has 0 radical (unpaired) electrons. The molecule has 1 aromatic rings. The van der Waals surface area contributed by atoms with E-state index in [0.717, 1.165) is 24.4 Å². The fraction of sp³-hybridized carbons (Fsp3) is 0.625. The third kappa shape index (κ3) is 4.04. The second kappa shape index (κ2) is 7.39. The van der Waals surface area contributed by atoms with Crippen molar-refractivity contribution in [1.29, 1.82) is 0 Å². The van der Waals surface area contributed by atoms with Crippen molar-refractivity contribution in [2.75, 3.05) is 0 Å². The number of hydrogen-bond donors (Lipinski definition) is 1. The van der Waals surface area contributed by atoms with Crippen LogP contribution in [0.4, 0.5) is 5.69 Å². The number of hydrogen-bond acceptors (Lipinski definition) is 3. The minimum atomic E-state index is -0.331. The minimum absolute atomic E-state index is 0.176. The monoisotopic (exact) mass is 276 g/mol. The van der Waals surface area contributed by atoms with Crippen LogP contribution in [0.25, 0.3) is 0 Å². The van der Waals surface area contributed by atoms with Crippen LogP contribution in [0.2, 0.25) is 0 Å². The topological polar surface area (TPSA) is 55.2 Å². The van der Waals surface area contributed by atoms with E-state index in [1.807, 2.05) is 6.07 Å². The van der Waals surface area contributed by atoms with Crippen LogP contribution >= 0.6 is 0 Å². The normalized spacial score (nSPS) is 17.9. The Morgan fingerprint density at radius 2 is 2.10 bits per heavy atom. The summed E-state index contributed by atoms with van der Waals surface area (Å²) in [5.74, 6) is 0.771. The smallest absolute Gasteiger partial charge is 0.269 e. The first-order valence-electron chi connectivity index (χ1n) is 7.67. The molecule has 1 atom stereocenters.